The molecule has 0 heterocycles. The lowest BCUT2D eigenvalue weighted by Gasteiger charge is -2.12. The van der Waals surface area contributed by atoms with Crippen molar-refractivity contribution in [2.45, 2.75) is 12.8 Å². The van der Waals surface area contributed by atoms with E-state index in [2.05, 4.69) is 5.32 Å². The molecule has 1 amide bonds. The zero-order chi connectivity index (χ0) is 20.6. The minimum Gasteiger partial charge on any atom is -0.496 e. The maximum absolute atomic E-state index is 12.5. The molecule has 0 saturated carbocycles. The van der Waals surface area contributed by atoms with Crippen molar-refractivity contribution in [3.63, 3.8) is 0 Å². The summed E-state index contributed by atoms with van der Waals surface area (Å²) in [5.74, 6) is 1.12. The Bertz CT molecular complexity index is 1000. The van der Waals surface area contributed by atoms with Gasteiger partial charge in [0, 0.05) is 17.9 Å². The molecular weight excluding hydrogens is 390 g/mol. The van der Waals surface area contributed by atoms with Crippen LogP contribution in [0.1, 0.15) is 23.2 Å². The first kappa shape index (κ1) is 20.4. The van der Waals surface area contributed by atoms with E-state index in [-0.39, 0.29) is 24.5 Å². The number of ketones is 1. The molecule has 5 nitrogen and oxygen atoms in total. The molecule has 3 aromatic rings. The molecule has 0 radical (unpaired) electrons. The highest BCUT2D eigenvalue weighted by Gasteiger charge is 2.15. The number of rotatable bonds is 8. The van der Waals surface area contributed by atoms with Gasteiger partial charge in [-0.3, -0.25) is 9.59 Å². The van der Waals surface area contributed by atoms with Crippen LogP contribution < -0.4 is 14.8 Å². The summed E-state index contributed by atoms with van der Waals surface area (Å²) in [5, 5.41) is 3.24. The number of hydrogen-bond donors (Lipinski definition) is 1. The molecule has 0 fully saturated rings. The monoisotopic (exact) mass is 409 g/mol. The number of amides is 1. The minimum absolute atomic E-state index is 0.0220. The van der Waals surface area contributed by atoms with E-state index < -0.39 is 0 Å². The van der Waals surface area contributed by atoms with Gasteiger partial charge in [0.15, 0.2) is 11.5 Å². The Kier molecular flexibility index (Phi) is 6.87. The van der Waals surface area contributed by atoms with Gasteiger partial charge in [-0.25, -0.2) is 0 Å². The quantitative estimate of drug-likeness (QED) is 0.481. The molecular formula is C23H20ClNO4. The smallest absolute Gasteiger partial charge is 0.224 e. The molecule has 0 aliphatic heterocycles. The third-order valence-electron chi connectivity index (χ3n) is 4.17. The molecule has 0 aromatic heterocycles. The number of carbonyl (C=O) groups is 2. The van der Waals surface area contributed by atoms with Gasteiger partial charge in [0.2, 0.25) is 5.91 Å². The molecule has 0 atom stereocenters. The van der Waals surface area contributed by atoms with E-state index >= 15 is 0 Å². The minimum atomic E-state index is -0.288. The van der Waals surface area contributed by atoms with E-state index in [1.165, 1.54) is 7.11 Å². The molecule has 0 aliphatic carbocycles. The largest absolute Gasteiger partial charge is 0.496 e. The number of anilines is 1. The highest BCUT2D eigenvalue weighted by Crippen LogP contribution is 2.29. The lowest BCUT2D eigenvalue weighted by Crippen LogP contribution is -2.14. The van der Waals surface area contributed by atoms with E-state index in [1.54, 1.807) is 36.4 Å². The van der Waals surface area contributed by atoms with Gasteiger partial charge in [-0.15, -0.1) is 0 Å². The second-order valence-corrected chi connectivity index (χ2v) is 6.66. The van der Waals surface area contributed by atoms with E-state index in [9.17, 15) is 9.59 Å². The molecule has 0 unspecified atom stereocenters. The fourth-order valence-corrected chi connectivity index (χ4v) is 2.92. The van der Waals surface area contributed by atoms with Crippen LogP contribution in [0.2, 0.25) is 5.02 Å². The summed E-state index contributed by atoms with van der Waals surface area (Å²) < 4.78 is 11.0. The first-order valence-corrected chi connectivity index (χ1v) is 9.43. The Hall–Kier alpha value is -3.31. The lowest BCUT2D eigenvalue weighted by atomic mass is 10.1. The highest BCUT2D eigenvalue weighted by atomic mass is 35.5. The van der Waals surface area contributed by atoms with Crippen molar-refractivity contribution in [3.8, 4) is 17.2 Å². The topological polar surface area (TPSA) is 64.6 Å². The molecule has 0 bridgehead atoms. The zero-order valence-electron chi connectivity index (χ0n) is 15.9. The van der Waals surface area contributed by atoms with E-state index in [0.717, 1.165) is 0 Å². The molecule has 148 valence electrons. The lowest BCUT2D eigenvalue weighted by molar-refractivity contribution is -0.116. The second kappa shape index (κ2) is 9.75. The molecule has 0 aliphatic rings. The Balaban J connectivity index is 1.63. The van der Waals surface area contributed by atoms with Crippen molar-refractivity contribution in [2.75, 3.05) is 12.4 Å². The summed E-state index contributed by atoms with van der Waals surface area (Å²) in [6.45, 7) is 0. The van der Waals surface area contributed by atoms with Gasteiger partial charge >= 0.3 is 0 Å². The number of halogens is 1. The summed E-state index contributed by atoms with van der Waals surface area (Å²) in [6, 6.07) is 21.3. The molecule has 0 spiro atoms. The van der Waals surface area contributed by atoms with E-state index in [0.29, 0.717) is 33.5 Å². The van der Waals surface area contributed by atoms with Crippen molar-refractivity contribution in [3.05, 3.63) is 83.4 Å². The maximum atomic E-state index is 12.5. The summed E-state index contributed by atoms with van der Waals surface area (Å²) in [7, 11) is 1.48. The molecule has 3 aromatic carbocycles. The van der Waals surface area contributed by atoms with Gasteiger partial charge in [-0.05, 0) is 42.5 Å². The van der Waals surface area contributed by atoms with E-state index in [4.69, 9.17) is 21.1 Å². The SMILES string of the molecule is COc1ccc(Cl)cc1C(=O)CCC(=O)Nc1ccccc1Oc1ccccc1. The van der Waals surface area contributed by atoms with Crippen molar-refractivity contribution in [2.24, 2.45) is 0 Å². The summed E-state index contributed by atoms with van der Waals surface area (Å²) >= 11 is 5.97. The first-order chi connectivity index (χ1) is 14.1. The van der Waals surface area contributed by atoms with Gasteiger partial charge in [-0.2, -0.15) is 0 Å². The number of para-hydroxylation sites is 3. The molecule has 6 heteroatoms. The van der Waals surface area contributed by atoms with Crippen molar-refractivity contribution < 1.29 is 19.1 Å². The highest BCUT2D eigenvalue weighted by molar-refractivity contribution is 6.31. The molecule has 3 rings (SSSR count). The number of carbonyl (C=O) groups excluding carboxylic acids is 2. The number of Topliss-reactive ketones (excluding diaryl/α,β-unsaturated/α-hetero) is 1. The van der Waals surface area contributed by atoms with E-state index in [1.807, 2.05) is 36.4 Å². The van der Waals surface area contributed by atoms with Crippen LogP contribution in [0.25, 0.3) is 0 Å². The fraction of sp³-hybridized carbons (Fsp3) is 0.130. The van der Waals surface area contributed by atoms with Crippen LogP contribution in [0, 0.1) is 0 Å². The average molecular weight is 410 g/mol. The van der Waals surface area contributed by atoms with Crippen LogP contribution in [0.15, 0.2) is 72.8 Å². The van der Waals surface area contributed by atoms with Gasteiger partial charge in [-0.1, -0.05) is 41.9 Å². The number of hydrogen-bond acceptors (Lipinski definition) is 4. The van der Waals surface area contributed by atoms with Crippen LogP contribution in [0.5, 0.6) is 17.2 Å². The van der Waals surface area contributed by atoms with Crippen LogP contribution in [-0.2, 0) is 4.79 Å². The van der Waals surface area contributed by atoms with Crippen LogP contribution in [0.3, 0.4) is 0 Å². The number of nitrogens with one attached hydrogen (secondary N) is 1. The van der Waals surface area contributed by atoms with Crippen molar-refractivity contribution in [1.29, 1.82) is 0 Å². The van der Waals surface area contributed by atoms with Crippen molar-refractivity contribution >= 4 is 29.0 Å². The van der Waals surface area contributed by atoms with Crippen LogP contribution >= 0.6 is 11.6 Å². The predicted octanol–water partition coefficient (Wildman–Crippen LogP) is 5.74. The Morgan fingerprint density at radius 2 is 1.62 bits per heavy atom. The van der Waals surface area contributed by atoms with Gasteiger partial charge < -0.3 is 14.8 Å². The molecule has 0 saturated heterocycles. The third-order valence-corrected chi connectivity index (χ3v) is 4.41. The zero-order valence-corrected chi connectivity index (χ0v) is 16.6. The normalized spacial score (nSPS) is 10.3. The summed E-state index contributed by atoms with van der Waals surface area (Å²) in [5.41, 5.74) is 0.898. The number of benzene rings is 3. The fourth-order valence-electron chi connectivity index (χ4n) is 2.75. The predicted molar refractivity (Wildman–Crippen MR) is 113 cm³/mol. The third kappa shape index (κ3) is 5.59. The Morgan fingerprint density at radius 3 is 2.38 bits per heavy atom. The summed E-state index contributed by atoms with van der Waals surface area (Å²) in [4.78, 5) is 24.9. The number of ether oxygens (including phenoxy) is 2. The molecule has 1 N–H and O–H groups in total. The maximum Gasteiger partial charge on any atom is 0.224 e. The standard InChI is InChI=1S/C23H20ClNO4/c1-28-21-13-11-16(24)15-18(21)20(26)12-14-23(27)25-19-9-5-6-10-22(19)29-17-7-3-2-4-8-17/h2-11,13,15H,12,14H2,1H3,(H,25,27). The van der Waals surface area contributed by atoms with Gasteiger partial charge in [0.1, 0.15) is 11.5 Å². The van der Waals surface area contributed by atoms with Gasteiger partial charge in [0.25, 0.3) is 0 Å². The van der Waals surface area contributed by atoms with Crippen molar-refractivity contribution in [1.82, 2.24) is 0 Å². The van der Waals surface area contributed by atoms with Gasteiger partial charge in [0.05, 0.1) is 18.4 Å². The number of methoxy groups -OCH3 is 1. The average Bonchev–Trinajstić information content (AvgIpc) is 2.74. The van der Waals surface area contributed by atoms with Crippen LogP contribution in [-0.4, -0.2) is 18.8 Å². The Morgan fingerprint density at radius 1 is 0.897 bits per heavy atom. The molecule has 29 heavy (non-hydrogen) atoms. The van der Waals surface area contributed by atoms with Crippen LogP contribution in [0.4, 0.5) is 5.69 Å². The second-order valence-electron chi connectivity index (χ2n) is 6.23. The first-order valence-electron chi connectivity index (χ1n) is 9.05. The summed E-state index contributed by atoms with van der Waals surface area (Å²) in [6.07, 6.45) is 0.0540. The Labute approximate surface area is 174 Å².